The molecule has 1 aromatic carbocycles. The highest BCUT2D eigenvalue weighted by Gasteiger charge is 2.23. The Morgan fingerprint density at radius 2 is 2.14 bits per heavy atom. The third-order valence-corrected chi connectivity index (χ3v) is 3.97. The number of piperidine rings is 1. The lowest BCUT2D eigenvalue weighted by Crippen LogP contribution is -2.48. The summed E-state index contributed by atoms with van der Waals surface area (Å²) in [6.45, 7) is 4.07. The summed E-state index contributed by atoms with van der Waals surface area (Å²) in [6, 6.07) is 10.0. The maximum Gasteiger partial charge on any atom is 0.254 e. The first-order chi connectivity index (χ1) is 10.2. The molecule has 0 bridgehead atoms. The van der Waals surface area contributed by atoms with Gasteiger partial charge in [0.05, 0.1) is 17.4 Å². The number of carbonyl (C=O) groups excluding carboxylic acids is 1. The molecule has 2 aromatic rings. The molecule has 1 aromatic heterocycles. The summed E-state index contributed by atoms with van der Waals surface area (Å²) in [7, 11) is 0. The van der Waals surface area contributed by atoms with Crippen molar-refractivity contribution in [3.05, 3.63) is 48.3 Å². The average molecular weight is 321 g/mol. The van der Waals surface area contributed by atoms with Crippen LogP contribution in [-0.2, 0) is 0 Å². The molecular weight excluding hydrogens is 300 g/mol. The number of para-hydroxylation sites is 1. The van der Waals surface area contributed by atoms with Gasteiger partial charge >= 0.3 is 0 Å². The van der Waals surface area contributed by atoms with Crippen molar-refractivity contribution in [1.29, 1.82) is 0 Å². The molecule has 0 saturated carbocycles. The second-order valence-electron chi connectivity index (χ2n) is 5.56. The number of benzene rings is 1. The Balaban J connectivity index is 0.00000176. The number of nitrogens with one attached hydrogen (secondary N) is 2. The largest absolute Gasteiger partial charge is 0.349 e. The summed E-state index contributed by atoms with van der Waals surface area (Å²) in [5.41, 5.74) is 1.55. The quantitative estimate of drug-likeness (QED) is 0.909. The molecule has 1 aliphatic heterocycles. The number of carbonyl (C=O) groups is 1. The Morgan fingerprint density at radius 1 is 1.36 bits per heavy atom. The van der Waals surface area contributed by atoms with E-state index in [0.29, 0.717) is 11.5 Å². The lowest BCUT2D eigenvalue weighted by atomic mass is 9.95. The minimum Gasteiger partial charge on any atom is -0.349 e. The molecule has 3 rings (SSSR count). The van der Waals surface area contributed by atoms with Crippen molar-refractivity contribution in [2.75, 3.05) is 13.1 Å². The summed E-state index contributed by atoms with van der Waals surface area (Å²) in [6.07, 6.45) is 4.37. The van der Waals surface area contributed by atoms with E-state index < -0.39 is 0 Å². The van der Waals surface area contributed by atoms with Crippen LogP contribution in [0.25, 0.3) is 5.69 Å². The summed E-state index contributed by atoms with van der Waals surface area (Å²) in [4.78, 5) is 12.3. The molecule has 2 N–H and O–H groups in total. The standard InChI is InChI=1S/C16H20N4O.ClH/c1-12-9-17-8-7-15(12)19-16(21)13-10-18-20(11-13)14-5-3-2-4-6-14;/h2-6,10-12,15,17H,7-9H2,1H3,(H,19,21);1H. The van der Waals surface area contributed by atoms with E-state index in [9.17, 15) is 4.79 Å². The van der Waals surface area contributed by atoms with E-state index >= 15 is 0 Å². The van der Waals surface area contributed by atoms with Crippen molar-refractivity contribution in [2.24, 2.45) is 5.92 Å². The predicted molar refractivity (Wildman–Crippen MR) is 88.7 cm³/mol. The van der Waals surface area contributed by atoms with Gasteiger partial charge in [-0.05, 0) is 37.6 Å². The Labute approximate surface area is 136 Å². The summed E-state index contributed by atoms with van der Waals surface area (Å²) < 4.78 is 1.72. The summed E-state index contributed by atoms with van der Waals surface area (Å²) in [5.74, 6) is 0.405. The summed E-state index contributed by atoms with van der Waals surface area (Å²) in [5, 5.41) is 10.7. The number of hydrogen-bond acceptors (Lipinski definition) is 3. The van der Waals surface area contributed by atoms with Gasteiger partial charge in [0, 0.05) is 12.2 Å². The van der Waals surface area contributed by atoms with Gasteiger partial charge in [0.25, 0.3) is 5.91 Å². The Kier molecular flexibility index (Phi) is 5.57. The monoisotopic (exact) mass is 320 g/mol. The topological polar surface area (TPSA) is 58.9 Å². The fourth-order valence-electron chi connectivity index (χ4n) is 2.64. The Bertz CT molecular complexity index is 614. The van der Waals surface area contributed by atoms with Crippen LogP contribution in [0, 0.1) is 5.92 Å². The number of halogens is 1. The highest BCUT2D eigenvalue weighted by molar-refractivity contribution is 5.94. The first kappa shape index (κ1) is 16.5. The molecule has 0 spiro atoms. The molecule has 22 heavy (non-hydrogen) atoms. The van der Waals surface area contributed by atoms with Crippen molar-refractivity contribution < 1.29 is 4.79 Å². The van der Waals surface area contributed by atoms with Crippen molar-refractivity contribution in [3.8, 4) is 5.69 Å². The van der Waals surface area contributed by atoms with Crippen LogP contribution in [0.4, 0.5) is 0 Å². The zero-order valence-corrected chi connectivity index (χ0v) is 13.3. The number of nitrogens with zero attached hydrogens (tertiary/aromatic N) is 2. The van der Waals surface area contributed by atoms with Crippen LogP contribution < -0.4 is 10.6 Å². The Morgan fingerprint density at radius 3 is 2.86 bits per heavy atom. The molecule has 1 aliphatic rings. The molecule has 1 amide bonds. The summed E-state index contributed by atoms with van der Waals surface area (Å²) >= 11 is 0. The molecule has 1 saturated heterocycles. The third kappa shape index (κ3) is 3.67. The van der Waals surface area contributed by atoms with E-state index in [1.54, 1.807) is 17.1 Å². The highest BCUT2D eigenvalue weighted by Crippen LogP contribution is 2.12. The lowest BCUT2D eigenvalue weighted by Gasteiger charge is -2.30. The van der Waals surface area contributed by atoms with E-state index in [4.69, 9.17) is 0 Å². The Hall–Kier alpha value is -1.85. The number of hydrogen-bond donors (Lipinski definition) is 2. The normalized spacial score (nSPS) is 21.0. The van der Waals surface area contributed by atoms with Crippen molar-refractivity contribution in [2.45, 2.75) is 19.4 Å². The molecule has 2 unspecified atom stereocenters. The first-order valence-electron chi connectivity index (χ1n) is 7.36. The molecule has 2 heterocycles. The number of aromatic nitrogens is 2. The van der Waals surface area contributed by atoms with Gasteiger partial charge < -0.3 is 10.6 Å². The number of amides is 1. The van der Waals surface area contributed by atoms with Gasteiger partial charge in [-0.2, -0.15) is 5.10 Å². The van der Waals surface area contributed by atoms with E-state index in [-0.39, 0.29) is 24.4 Å². The third-order valence-electron chi connectivity index (χ3n) is 3.97. The van der Waals surface area contributed by atoms with Crippen LogP contribution in [-0.4, -0.2) is 34.8 Å². The van der Waals surface area contributed by atoms with Gasteiger partial charge in [-0.15, -0.1) is 12.4 Å². The van der Waals surface area contributed by atoms with Crippen LogP contribution in [0.5, 0.6) is 0 Å². The van der Waals surface area contributed by atoms with E-state index in [0.717, 1.165) is 25.2 Å². The molecule has 0 radical (unpaired) electrons. The zero-order chi connectivity index (χ0) is 14.7. The molecule has 6 heteroatoms. The van der Waals surface area contributed by atoms with Crippen molar-refractivity contribution in [1.82, 2.24) is 20.4 Å². The van der Waals surface area contributed by atoms with Crippen LogP contribution in [0.15, 0.2) is 42.7 Å². The van der Waals surface area contributed by atoms with Crippen LogP contribution >= 0.6 is 12.4 Å². The van der Waals surface area contributed by atoms with Gasteiger partial charge in [-0.3, -0.25) is 4.79 Å². The van der Waals surface area contributed by atoms with Crippen LogP contribution in [0.1, 0.15) is 23.7 Å². The van der Waals surface area contributed by atoms with E-state index in [1.165, 1.54) is 0 Å². The van der Waals surface area contributed by atoms with Crippen LogP contribution in [0.2, 0.25) is 0 Å². The minimum absolute atomic E-state index is 0. The molecule has 0 aliphatic carbocycles. The minimum atomic E-state index is -0.0454. The average Bonchev–Trinajstić information content (AvgIpc) is 3.00. The highest BCUT2D eigenvalue weighted by atomic mass is 35.5. The molecule has 5 nitrogen and oxygen atoms in total. The molecule has 1 fully saturated rings. The maximum atomic E-state index is 12.3. The second-order valence-corrected chi connectivity index (χ2v) is 5.56. The maximum absolute atomic E-state index is 12.3. The van der Waals surface area contributed by atoms with Gasteiger partial charge in [0.2, 0.25) is 0 Å². The van der Waals surface area contributed by atoms with Gasteiger partial charge in [-0.25, -0.2) is 4.68 Å². The lowest BCUT2D eigenvalue weighted by molar-refractivity contribution is 0.0914. The van der Waals surface area contributed by atoms with Gasteiger partial charge in [0.15, 0.2) is 0 Å². The van der Waals surface area contributed by atoms with Gasteiger partial charge in [0.1, 0.15) is 0 Å². The van der Waals surface area contributed by atoms with E-state index in [2.05, 4.69) is 22.7 Å². The molecule has 118 valence electrons. The molecule has 2 atom stereocenters. The number of rotatable bonds is 3. The predicted octanol–water partition coefficient (Wildman–Crippen LogP) is 2.02. The van der Waals surface area contributed by atoms with Crippen LogP contribution in [0.3, 0.4) is 0 Å². The second kappa shape index (κ2) is 7.42. The van der Waals surface area contributed by atoms with Crippen molar-refractivity contribution in [3.63, 3.8) is 0 Å². The smallest absolute Gasteiger partial charge is 0.254 e. The SMILES string of the molecule is CC1CNCCC1NC(=O)c1cnn(-c2ccccc2)c1.Cl. The fraction of sp³-hybridized carbons (Fsp3) is 0.375. The van der Waals surface area contributed by atoms with Gasteiger partial charge in [-0.1, -0.05) is 25.1 Å². The van der Waals surface area contributed by atoms with Crippen molar-refractivity contribution >= 4 is 18.3 Å². The zero-order valence-electron chi connectivity index (χ0n) is 12.5. The first-order valence-corrected chi connectivity index (χ1v) is 7.36. The fourth-order valence-corrected chi connectivity index (χ4v) is 2.64. The van der Waals surface area contributed by atoms with E-state index in [1.807, 2.05) is 30.3 Å². The molecular formula is C16H21ClN4O.